The largest absolute Gasteiger partial charge is 0.452 e. The van der Waals surface area contributed by atoms with E-state index in [2.05, 4.69) is 10.2 Å². The van der Waals surface area contributed by atoms with E-state index in [4.69, 9.17) is 4.74 Å². The van der Waals surface area contributed by atoms with E-state index in [1.54, 1.807) is 24.4 Å². The molecule has 0 saturated carbocycles. The van der Waals surface area contributed by atoms with E-state index in [0.717, 1.165) is 16.6 Å². The number of aromatic amines is 1. The van der Waals surface area contributed by atoms with Crippen molar-refractivity contribution in [3.05, 3.63) is 112 Å². The standard InChI is InChI=1S/C29H25FN4O3/c1-18-9-11-22(29(36)34(18)21-7-5-4-6-8-21)26(35)14-19-10-12-27(23(30)13-19)37-28-15-20-17-31-32-24(20)16-25(28)33(2)3/h4-13,15-17H,14H2,1-3H3,(H,31,32). The zero-order valence-electron chi connectivity index (χ0n) is 20.7. The van der Waals surface area contributed by atoms with Crippen molar-refractivity contribution in [1.82, 2.24) is 14.8 Å². The molecule has 7 nitrogen and oxygen atoms in total. The van der Waals surface area contributed by atoms with Gasteiger partial charge in [-0.25, -0.2) is 4.39 Å². The van der Waals surface area contributed by atoms with Gasteiger partial charge in [-0.15, -0.1) is 0 Å². The number of fused-ring (bicyclic) bond motifs is 1. The molecule has 2 heterocycles. The Balaban J connectivity index is 1.40. The number of hydrogen-bond acceptors (Lipinski definition) is 5. The smallest absolute Gasteiger partial charge is 0.266 e. The molecule has 5 rings (SSSR count). The monoisotopic (exact) mass is 496 g/mol. The fraction of sp³-hybridized carbons (Fsp3) is 0.138. The number of pyridine rings is 1. The van der Waals surface area contributed by atoms with Gasteiger partial charge in [0.15, 0.2) is 23.1 Å². The van der Waals surface area contributed by atoms with Crippen molar-refractivity contribution in [3.8, 4) is 17.2 Å². The van der Waals surface area contributed by atoms with Crippen LogP contribution in [-0.2, 0) is 6.42 Å². The number of rotatable bonds is 7. The number of nitrogens with one attached hydrogen (secondary N) is 1. The second-order valence-electron chi connectivity index (χ2n) is 9.00. The van der Waals surface area contributed by atoms with Gasteiger partial charge in [-0.05, 0) is 61.0 Å². The van der Waals surface area contributed by atoms with Gasteiger partial charge < -0.3 is 9.64 Å². The summed E-state index contributed by atoms with van der Waals surface area (Å²) in [6, 6.07) is 20.5. The predicted molar refractivity (Wildman–Crippen MR) is 142 cm³/mol. The Kier molecular flexibility index (Phi) is 6.31. The molecule has 1 N–H and O–H groups in total. The predicted octanol–water partition coefficient (Wildman–Crippen LogP) is 5.45. The number of carbonyl (C=O) groups is 1. The number of aromatic nitrogens is 3. The Labute approximate surface area is 212 Å². The van der Waals surface area contributed by atoms with Crippen LogP contribution in [0.5, 0.6) is 11.5 Å². The summed E-state index contributed by atoms with van der Waals surface area (Å²) in [5, 5.41) is 7.79. The summed E-state index contributed by atoms with van der Waals surface area (Å²) in [7, 11) is 3.73. The SMILES string of the molecule is Cc1ccc(C(=O)Cc2ccc(Oc3cc4cn[nH]c4cc3N(C)C)c(F)c2)c(=O)n1-c1ccccc1. The number of anilines is 1. The number of ether oxygens (including phenoxy) is 1. The van der Waals surface area contributed by atoms with Crippen LogP contribution in [0.4, 0.5) is 10.1 Å². The number of Topliss-reactive ketones (excluding diaryl/α,β-unsaturated/α-hetero) is 1. The molecule has 2 aromatic heterocycles. The van der Waals surface area contributed by atoms with E-state index in [-0.39, 0.29) is 23.5 Å². The van der Waals surface area contributed by atoms with Crippen LogP contribution in [0.3, 0.4) is 0 Å². The first-order valence-electron chi connectivity index (χ1n) is 11.7. The van der Waals surface area contributed by atoms with Gasteiger partial charge in [-0.1, -0.05) is 24.3 Å². The average Bonchev–Trinajstić information content (AvgIpc) is 3.33. The Bertz CT molecular complexity index is 1670. The van der Waals surface area contributed by atoms with Crippen LogP contribution in [0.2, 0.25) is 0 Å². The van der Waals surface area contributed by atoms with Crippen molar-refractivity contribution in [2.24, 2.45) is 0 Å². The average molecular weight is 497 g/mol. The molecule has 5 aromatic rings. The summed E-state index contributed by atoms with van der Waals surface area (Å²) in [6.45, 7) is 1.81. The van der Waals surface area contributed by atoms with Gasteiger partial charge in [-0.3, -0.25) is 19.3 Å². The minimum absolute atomic E-state index is 0.0314. The number of para-hydroxylation sites is 1. The number of hydrogen-bond donors (Lipinski definition) is 1. The van der Waals surface area contributed by atoms with Crippen molar-refractivity contribution in [3.63, 3.8) is 0 Å². The molecule has 0 amide bonds. The van der Waals surface area contributed by atoms with Crippen LogP contribution < -0.4 is 15.2 Å². The third-order valence-corrected chi connectivity index (χ3v) is 6.17. The van der Waals surface area contributed by atoms with Crippen molar-refractivity contribution >= 4 is 22.4 Å². The summed E-state index contributed by atoms with van der Waals surface area (Å²) < 4.78 is 22.5. The van der Waals surface area contributed by atoms with E-state index in [1.807, 2.05) is 62.3 Å². The number of nitrogens with zero attached hydrogens (tertiary/aromatic N) is 3. The van der Waals surface area contributed by atoms with Crippen LogP contribution >= 0.6 is 0 Å². The lowest BCUT2D eigenvalue weighted by Gasteiger charge is -2.18. The van der Waals surface area contributed by atoms with Gasteiger partial charge in [0.05, 0.1) is 23.0 Å². The van der Waals surface area contributed by atoms with E-state index >= 15 is 4.39 Å². The number of ketones is 1. The maximum atomic E-state index is 15.1. The zero-order valence-corrected chi connectivity index (χ0v) is 20.7. The van der Waals surface area contributed by atoms with Gasteiger partial charge in [-0.2, -0.15) is 5.10 Å². The second-order valence-corrected chi connectivity index (χ2v) is 9.00. The molecule has 0 unspecified atom stereocenters. The van der Waals surface area contributed by atoms with Gasteiger partial charge in [0.1, 0.15) is 0 Å². The van der Waals surface area contributed by atoms with Crippen LogP contribution in [0.25, 0.3) is 16.6 Å². The van der Waals surface area contributed by atoms with Gasteiger partial charge in [0, 0.05) is 37.3 Å². The molecule has 0 aliphatic rings. The summed E-state index contributed by atoms with van der Waals surface area (Å²) in [5.41, 5.74) is 3.09. The number of aryl methyl sites for hydroxylation is 1. The first-order valence-corrected chi connectivity index (χ1v) is 11.7. The minimum Gasteiger partial charge on any atom is -0.452 e. The molecule has 0 aliphatic carbocycles. The van der Waals surface area contributed by atoms with Crippen LogP contribution in [0.1, 0.15) is 21.6 Å². The summed E-state index contributed by atoms with van der Waals surface area (Å²) in [6.07, 6.45) is 1.55. The van der Waals surface area contributed by atoms with Crippen molar-refractivity contribution < 1.29 is 13.9 Å². The van der Waals surface area contributed by atoms with E-state index in [0.29, 0.717) is 22.7 Å². The first kappa shape index (κ1) is 24.0. The second kappa shape index (κ2) is 9.73. The number of halogens is 1. The number of H-pyrrole nitrogens is 1. The minimum atomic E-state index is -0.604. The van der Waals surface area contributed by atoms with Crippen LogP contribution in [-0.4, -0.2) is 34.6 Å². The topological polar surface area (TPSA) is 80.2 Å². The highest BCUT2D eigenvalue weighted by molar-refractivity contribution is 5.97. The maximum Gasteiger partial charge on any atom is 0.266 e. The molecule has 8 heteroatoms. The third-order valence-electron chi connectivity index (χ3n) is 6.17. The highest BCUT2D eigenvalue weighted by atomic mass is 19.1. The van der Waals surface area contributed by atoms with Crippen LogP contribution in [0, 0.1) is 12.7 Å². The Morgan fingerprint density at radius 2 is 1.81 bits per heavy atom. The summed E-state index contributed by atoms with van der Waals surface area (Å²) in [4.78, 5) is 28.1. The molecule has 3 aromatic carbocycles. The van der Waals surface area contributed by atoms with Crippen molar-refractivity contribution in [2.75, 3.05) is 19.0 Å². The molecule has 0 saturated heterocycles. The number of carbonyl (C=O) groups excluding carboxylic acids is 1. The Morgan fingerprint density at radius 1 is 1.03 bits per heavy atom. The van der Waals surface area contributed by atoms with E-state index in [1.165, 1.54) is 22.8 Å². The first-order chi connectivity index (χ1) is 17.8. The van der Waals surface area contributed by atoms with Crippen LogP contribution in [0.15, 0.2) is 83.8 Å². The fourth-order valence-corrected chi connectivity index (χ4v) is 4.27. The number of benzene rings is 3. The lowest BCUT2D eigenvalue weighted by molar-refractivity contribution is 0.0991. The highest BCUT2D eigenvalue weighted by Crippen LogP contribution is 2.36. The van der Waals surface area contributed by atoms with E-state index < -0.39 is 11.4 Å². The maximum absolute atomic E-state index is 15.1. The molecule has 37 heavy (non-hydrogen) atoms. The van der Waals surface area contributed by atoms with Gasteiger partial charge in [0.25, 0.3) is 5.56 Å². The summed E-state index contributed by atoms with van der Waals surface area (Å²) >= 11 is 0. The molecule has 0 aliphatic heterocycles. The highest BCUT2D eigenvalue weighted by Gasteiger charge is 2.18. The normalized spacial score (nSPS) is 11.0. The molecule has 0 fully saturated rings. The molecular weight excluding hydrogens is 471 g/mol. The van der Waals surface area contributed by atoms with Crippen molar-refractivity contribution in [1.29, 1.82) is 0 Å². The van der Waals surface area contributed by atoms with E-state index in [9.17, 15) is 9.59 Å². The van der Waals surface area contributed by atoms with Gasteiger partial charge in [0.2, 0.25) is 0 Å². The Hall–Kier alpha value is -4.72. The molecule has 0 bridgehead atoms. The Morgan fingerprint density at radius 3 is 2.54 bits per heavy atom. The van der Waals surface area contributed by atoms with Gasteiger partial charge >= 0.3 is 0 Å². The molecule has 186 valence electrons. The molecule has 0 atom stereocenters. The fourth-order valence-electron chi connectivity index (χ4n) is 4.27. The third kappa shape index (κ3) is 4.73. The lowest BCUT2D eigenvalue weighted by Crippen LogP contribution is -2.27. The molecular formula is C29H25FN4O3. The molecule has 0 spiro atoms. The quantitative estimate of drug-likeness (QED) is 0.303. The zero-order chi connectivity index (χ0) is 26.1. The lowest BCUT2D eigenvalue weighted by atomic mass is 10.0. The summed E-state index contributed by atoms with van der Waals surface area (Å²) in [5.74, 6) is -0.484. The molecule has 0 radical (unpaired) electrons. The van der Waals surface area contributed by atoms with Crippen molar-refractivity contribution in [2.45, 2.75) is 13.3 Å².